The van der Waals surface area contributed by atoms with Gasteiger partial charge in [0.15, 0.2) is 6.04 Å². The zero-order valence-corrected chi connectivity index (χ0v) is 13.2. The SMILES string of the molecule is COc1csc(C(=O)N[C@@H](C(=O)O)c2ccc3c(c2)CCO3)c1. The number of carboxylic acids is 1. The molecule has 1 atom stereocenters. The van der Waals surface area contributed by atoms with Gasteiger partial charge >= 0.3 is 5.97 Å². The Balaban J connectivity index is 1.81. The molecule has 0 spiro atoms. The van der Waals surface area contributed by atoms with Crippen LogP contribution in [-0.2, 0) is 11.2 Å². The van der Waals surface area contributed by atoms with Gasteiger partial charge in [0.05, 0.1) is 18.6 Å². The first-order chi connectivity index (χ1) is 11.1. The lowest BCUT2D eigenvalue weighted by Gasteiger charge is -2.15. The van der Waals surface area contributed by atoms with E-state index in [9.17, 15) is 14.7 Å². The fourth-order valence-electron chi connectivity index (χ4n) is 2.42. The van der Waals surface area contributed by atoms with E-state index in [0.717, 1.165) is 17.7 Å². The Labute approximate surface area is 136 Å². The van der Waals surface area contributed by atoms with Crippen LogP contribution in [0.15, 0.2) is 29.6 Å². The Kier molecular flexibility index (Phi) is 4.20. The van der Waals surface area contributed by atoms with Crippen molar-refractivity contribution in [2.75, 3.05) is 13.7 Å². The summed E-state index contributed by atoms with van der Waals surface area (Å²) in [6.45, 7) is 0.595. The number of aliphatic carboxylic acids is 1. The quantitative estimate of drug-likeness (QED) is 0.876. The van der Waals surface area contributed by atoms with Crippen LogP contribution in [0.1, 0.15) is 26.8 Å². The normalized spacial score (nSPS) is 13.8. The Morgan fingerprint density at radius 2 is 2.22 bits per heavy atom. The Morgan fingerprint density at radius 3 is 2.91 bits per heavy atom. The number of thiophene rings is 1. The molecule has 2 N–H and O–H groups in total. The zero-order valence-electron chi connectivity index (χ0n) is 12.4. The van der Waals surface area contributed by atoms with Crippen LogP contribution in [0.25, 0.3) is 0 Å². The van der Waals surface area contributed by atoms with Crippen LogP contribution in [0.3, 0.4) is 0 Å². The van der Waals surface area contributed by atoms with Crippen LogP contribution in [0.5, 0.6) is 11.5 Å². The average molecular weight is 333 g/mol. The molecular weight excluding hydrogens is 318 g/mol. The summed E-state index contributed by atoms with van der Waals surface area (Å²) in [4.78, 5) is 24.2. The lowest BCUT2D eigenvalue weighted by molar-refractivity contribution is -0.139. The van der Waals surface area contributed by atoms with E-state index in [2.05, 4.69) is 5.32 Å². The predicted octanol–water partition coefficient (Wildman–Crippen LogP) is 2.25. The Hall–Kier alpha value is -2.54. The van der Waals surface area contributed by atoms with Gasteiger partial charge in [-0.3, -0.25) is 4.79 Å². The van der Waals surface area contributed by atoms with Gasteiger partial charge in [-0.2, -0.15) is 0 Å². The van der Waals surface area contributed by atoms with E-state index < -0.39 is 17.9 Å². The van der Waals surface area contributed by atoms with Crippen LogP contribution in [0.2, 0.25) is 0 Å². The molecule has 0 saturated heterocycles. The third-order valence-corrected chi connectivity index (χ3v) is 4.51. The number of hydrogen-bond acceptors (Lipinski definition) is 5. The Bertz CT molecular complexity index is 755. The molecule has 1 aromatic carbocycles. The molecule has 2 heterocycles. The van der Waals surface area contributed by atoms with Gasteiger partial charge in [0.1, 0.15) is 11.5 Å². The average Bonchev–Trinajstić information content (AvgIpc) is 3.19. The summed E-state index contributed by atoms with van der Waals surface area (Å²) in [5.74, 6) is -0.211. The number of rotatable bonds is 5. The van der Waals surface area contributed by atoms with Crippen molar-refractivity contribution in [2.45, 2.75) is 12.5 Å². The van der Waals surface area contributed by atoms with Crippen molar-refractivity contribution >= 4 is 23.2 Å². The zero-order chi connectivity index (χ0) is 16.4. The van der Waals surface area contributed by atoms with E-state index in [0.29, 0.717) is 22.8 Å². The van der Waals surface area contributed by atoms with Crippen molar-refractivity contribution < 1.29 is 24.2 Å². The minimum atomic E-state index is -1.11. The van der Waals surface area contributed by atoms with Crippen LogP contribution in [-0.4, -0.2) is 30.7 Å². The summed E-state index contributed by atoms with van der Waals surface area (Å²) in [5, 5.41) is 13.7. The summed E-state index contributed by atoms with van der Waals surface area (Å²) in [6, 6.07) is 5.65. The molecule has 120 valence electrons. The third-order valence-electron chi connectivity index (χ3n) is 3.60. The summed E-state index contributed by atoms with van der Waals surface area (Å²) >= 11 is 1.20. The van der Waals surface area contributed by atoms with Gasteiger partial charge in [0, 0.05) is 17.9 Å². The topological polar surface area (TPSA) is 84.9 Å². The molecule has 0 saturated carbocycles. The van der Waals surface area contributed by atoms with Crippen LogP contribution in [0, 0.1) is 0 Å². The standard InChI is InChI=1S/C16H15NO5S/c1-21-11-7-13(23-8-11)15(18)17-14(16(19)20)10-2-3-12-9(6-10)4-5-22-12/h2-3,6-8,14H,4-5H2,1H3,(H,17,18)(H,19,20)/t14-/m1/s1. The second-order valence-electron chi connectivity index (χ2n) is 5.06. The first kappa shape index (κ1) is 15.4. The van der Waals surface area contributed by atoms with E-state index in [1.165, 1.54) is 18.4 Å². The largest absolute Gasteiger partial charge is 0.496 e. The van der Waals surface area contributed by atoms with Gasteiger partial charge in [-0.15, -0.1) is 11.3 Å². The van der Waals surface area contributed by atoms with Crippen molar-refractivity contribution in [2.24, 2.45) is 0 Å². The third kappa shape index (κ3) is 3.14. The van der Waals surface area contributed by atoms with E-state index in [1.54, 1.807) is 29.6 Å². The molecule has 1 aliphatic heterocycles. The number of carboxylic acid groups (broad SMARTS) is 1. The van der Waals surface area contributed by atoms with Gasteiger partial charge in [-0.05, 0) is 23.3 Å². The van der Waals surface area contributed by atoms with E-state index in [4.69, 9.17) is 9.47 Å². The fraction of sp³-hybridized carbons (Fsp3) is 0.250. The van der Waals surface area contributed by atoms with Crippen LogP contribution < -0.4 is 14.8 Å². The summed E-state index contributed by atoms with van der Waals surface area (Å²) < 4.78 is 10.4. The number of hydrogen-bond donors (Lipinski definition) is 2. The highest BCUT2D eigenvalue weighted by Crippen LogP contribution is 2.29. The first-order valence-corrected chi connectivity index (χ1v) is 7.88. The molecule has 0 bridgehead atoms. The molecule has 1 amide bonds. The van der Waals surface area contributed by atoms with Gasteiger partial charge in [-0.25, -0.2) is 4.79 Å². The van der Waals surface area contributed by atoms with E-state index >= 15 is 0 Å². The van der Waals surface area contributed by atoms with Gasteiger partial charge in [-0.1, -0.05) is 6.07 Å². The predicted molar refractivity (Wildman–Crippen MR) is 84.4 cm³/mol. The number of amides is 1. The van der Waals surface area contributed by atoms with Crippen molar-refractivity contribution in [1.82, 2.24) is 5.32 Å². The van der Waals surface area contributed by atoms with Crippen molar-refractivity contribution in [1.29, 1.82) is 0 Å². The molecule has 0 radical (unpaired) electrons. The molecule has 23 heavy (non-hydrogen) atoms. The van der Waals surface area contributed by atoms with Crippen molar-refractivity contribution in [3.05, 3.63) is 45.6 Å². The molecule has 3 rings (SSSR count). The number of methoxy groups -OCH3 is 1. The number of fused-ring (bicyclic) bond motifs is 1. The van der Waals surface area contributed by atoms with Gasteiger partial charge in [0.25, 0.3) is 5.91 Å². The smallest absolute Gasteiger partial charge is 0.330 e. The van der Waals surface area contributed by atoms with Gasteiger partial charge < -0.3 is 19.9 Å². The lowest BCUT2D eigenvalue weighted by Crippen LogP contribution is -2.33. The number of nitrogens with one attached hydrogen (secondary N) is 1. The molecule has 2 aromatic rings. The van der Waals surface area contributed by atoms with Crippen molar-refractivity contribution in [3.8, 4) is 11.5 Å². The van der Waals surface area contributed by atoms with Crippen LogP contribution >= 0.6 is 11.3 Å². The second kappa shape index (κ2) is 6.29. The fourth-order valence-corrected chi connectivity index (χ4v) is 3.18. The number of benzene rings is 1. The highest BCUT2D eigenvalue weighted by Gasteiger charge is 2.25. The van der Waals surface area contributed by atoms with E-state index in [1.807, 2.05) is 0 Å². The van der Waals surface area contributed by atoms with Gasteiger partial charge in [0.2, 0.25) is 0 Å². The molecule has 0 unspecified atom stereocenters. The molecule has 1 aromatic heterocycles. The minimum Gasteiger partial charge on any atom is -0.496 e. The molecular formula is C16H15NO5S. The summed E-state index contributed by atoms with van der Waals surface area (Å²) in [5.41, 5.74) is 1.49. The maximum Gasteiger partial charge on any atom is 0.330 e. The Morgan fingerprint density at radius 1 is 1.39 bits per heavy atom. The summed E-state index contributed by atoms with van der Waals surface area (Å²) in [6.07, 6.45) is 0.742. The highest BCUT2D eigenvalue weighted by atomic mass is 32.1. The summed E-state index contributed by atoms with van der Waals surface area (Å²) in [7, 11) is 1.51. The van der Waals surface area contributed by atoms with E-state index in [-0.39, 0.29) is 0 Å². The number of carbonyl (C=O) groups excluding carboxylic acids is 1. The van der Waals surface area contributed by atoms with Crippen molar-refractivity contribution in [3.63, 3.8) is 0 Å². The highest BCUT2D eigenvalue weighted by molar-refractivity contribution is 7.12. The molecule has 1 aliphatic rings. The van der Waals surface area contributed by atoms with Crippen LogP contribution in [0.4, 0.5) is 0 Å². The second-order valence-corrected chi connectivity index (χ2v) is 5.97. The maximum atomic E-state index is 12.3. The number of carbonyl (C=O) groups is 2. The molecule has 6 nitrogen and oxygen atoms in total. The number of ether oxygens (including phenoxy) is 2. The lowest BCUT2D eigenvalue weighted by atomic mass is 10.0. The minimum absolute atomic E-state index is 0.401. The first-order valence-electron chi connectivity index (χ1n) is 7.00. The monoisotopic (exact) mass is 333 g/mol. The molecule has 0 aliphatic carbocycles. The molecule has 0 fully saturated rings. The maximum absolute atomic E-state index is 12.3. The molecule has 7 heteroatoms.